The molecule has 138 valence electrons. The lowest BCUT2D eigenvalue weighted by Gasteiger charge is -2.24. The lowest BCUT2D eigenvalue weighted by molar-refractivity contribution is 0.0943. The number of rotatable bonds is 3. The molecule has 7 heteroatoms. The summed E-state index contributed by atoms with van der Waals surface area (Å²) in [6, 6.07) is 6.03. The zero-order valence-corrected chi connectivity index (χ0v) is 16.0. The molecule has 1 amide bonds. The number of hydrogen-bond acceptors (Lipinski definition) is 3. The molecule has 0 radical (unpaired) electrons. The molecule has 0 aliphatic heterocycles. The van der Waals surface area contributed by atoms with Crippen molar-refractivity contribution in [2.24, 2.45) is 11.8 Å². The van der Waals surface area contributed by atoms with Gasteiger partial charge < -0.3 is 9.88 Å². The minimum atomic E-state index is -0.215. The average Bonchev–Trinajstić information content (AvgIpc) is 3.32. The summed E-state index contributed by atoms with van der Waals surface area (Å²) in [6.45, 7) is 4.92. The number of nitrogens with zero attached hydrogens (tertiary/aromatic N) is 2. The third kappa shape index (κ3) is 3.16. The topological polar surface area (TPSA) is 71.0 Å². The number of carbonyl (C=O) groups is 1. The van der Waals surface area contributed by atoms with Crippen molar-refractivity contribution in [1.82, 2.24) is 25.7 Å². The van der Waals surface area contributed by atoms with Gasteiger partial charge in [-0.1, -0.05) is 6.42 Å². The van der Waals surface area contributed by atoms with Crippen LogP contribution in [0.1, 0.15) is 48.8 Å². The van der Waals surface area contributed by atoms with Gasteiger partial charge in [-0.15, -0.1) is 0 Å². The third-order valence-electron chi connectivity index (χ3n) is 5.86. The number of amides is 1. The molecule has 2 saturated carbocycles. The first kappa shape index (κ1) is 17.3. The maximum atomic E-state index is 12.4. The monoisotopic (exact) mass is 371 g/mol. The number of aromatic nitrogens is 2. The van der Waals surface area contributed by atoms with Crippen LogP contribution in [0.5, 0.6) is 0 Å². The molecule has 2 aromatic rings. The molecular formula is C19H25N5OS. The molecule has 26 heavy (non-hydrogen) atoms. The van der Waals surface area contributed by atoms with Crippen LogP contribution in [0.2, 0.25) is 0 Å². The van der Waals surface area contributed by atoms with Gasteiger partial charge in [-0.2, -0.15) is 0 Å². The number of nitrogens with one attached hydrogen (secondary N) is 3. The molecule has 0 spiro atoms. The second-order valence-corrected chi connectivity index (χ2v) is 7.85. The summed E-state index contributed by atoms with van der Waals surface area (Å²) in [5.41, 5.74) is 7.97. The van der Waals surface area contributed by atoms with E-state index in [1.165, 1.54) is 25.7 Å². The number of fused-ring (bicyclic) bond motifs is 3. The number of benzene rings is 1. The average molecular weight is 372 g/mol. The Kier molecular flexibility index (Phi) is 4.56. The van der Waals surface area contributed by atoms with Crippen molar-refractivity contribution in [1.29, 1.82) is 0 Å². The minimum absolute atomic E-state index is 0.215. The molecule has 6 nitrogen and oxygen atoms in total. The van der Waals surface area contributed by atoms with Gasteiger partial charge in [0.2, 0.25) is 0 Å². The summed E-state index contributed by atoms with van der Waals surface area (Å²) in [5.74, 6) is 2.32. The van der Waals surface area contributed by atoms with Crippen LogP contribution in [0.15, 0.2) is 18.2 Å². The quantitative estimate of drug-likeness (QED) is 0.572. The first-order valence-corrected chi connectivity index (χ1v) is 9.79. The fraction of sp³-hybridized carbons (Fsp3) is 0.526. The van der Waals surface area contributed by atoms with E-state index in [0.717, 1.165) is 35.2 Å². The predicted octanol–water partition coefficient (Wildman–Crippen LogP) is 2.66. The number of hydrazine groups is 1. The molecule has 0 saturated heterocycles. The van der Waals surface area contributed by atoms with Gasteiger partial charge in [-0.25, -0.2) is 4.98 Å². The lowest BCUT2D eigenvalue weighted by Crippen LogP contribution is -2.50. The van der Waals surface area contributed by atoms with Crippen LogP contribution in [-0.4, -0.2) is 26.6 Å². The van der Waals surface area contributed by atoms with Crippen molar-refractivity contribution in [2.75, 3.05) is 0 Å². The van der Waals surface area contributed by atoms with Crippen LogP contribution in [0.25, 0.3) is 11.0 Å². The molecule has 3 atom stereocenters. The van der Waals surface area contributed by atoms with Gasteiger partial charge in [0.25, 0.3) is 5.91 Å². The van der Waals surface area contributed by atoms with E-state index >= 15 is 0 Å². The predicted molar refractivity (Wildman–Crippen MR) is 106 cm³/mol. The molecule has 3 unspecified atom stereocenters. The number of hydrogen-bond donors (Lipinski definition) is 3. The minimum Gasteiger partial charge on any atom is -0.358 e. The number of thiocarbonyl (C=S) groups is 1. The summed E-state index contributed by atoms with van der Waals surface area (Å²) in [4.78, 5) is 17.0. The van der Waals surface area contributed by atoms with Crippen LogP contribution >= 0.6 is 12.2 Å². The SMILES string of the molecule is CCn1c(C)nc2cc(C(=O)NNC(=S)NC3CC4CCC3C4)ccc21. The molecule has 2 aliphatic carbocycles. The fourth-order valence-corrected chi connectivity index (χ4v) is 4.80. The van der Waals surface area contributed by atoms with Gasteiger partial charge in [0.05, 0.1) is 11.0 Å². The first-order valence-electron chi connectivity index (χ1n) is 9.39. The number of aryl methyl sites for hydroxylation is 2. The maximum Gasteiger partial charge on any atom is 0.269 e. The van der Waals surface area contributed by atoms with Crippen LogP contribution in [-0.2, 0) is 6.54 Å². The zero-order valence-electron chi connectivity index (χ0n) is 15.2. The third-order valence-corrected chi connectivity index (χ3v) is 6.08. The molecule has 1 heterocycles. The molecular weight excluding hydrogens is 346 g/mol. The maximum absolute atomic E-state index is 12.4. The highest BCUT2D eigenvalue weighted by Crippen LogP contribution is 2.44. The molecule has 1 aromatic heterocycles. The number of imidazole rings is 1. The second-order valence-electron chi connectivity index (χ2n) is 7.44. The van der Waals surface area contributed by atoms with E-state index in [1.807, 2.05) is 25.1 Å². The molecule has 4 rings (SSSR count). The van der Waals surface area contributed by atoms with Gasteiger partial charge in [-0.05, 0) is 75.4 Å². The standard InChI is InChI=1S/C19H25N5OS/c1-3-24-11(2)20-16-10-14(6-7-17(16)24)18(25)22-23-19(26)21-15-9-12-4-5-13(15)8-12/h6-7,10,12-13,15H,3-5,8-9H2,1-2H3,(H,22,25)(H2,21,23,26). The van der Waals surface area contributed by atoms with Gasteiger partial charge in [0, 0.05) is 18.2 Å². The van der Waals surface area contributed by atoms with E-state index in [-0.39, 0.29) is 5.91 Å². The zero-order chi connectivity index (χ0) is 18.3. The van der Waals surface area contributed by atoms with E-state index in [4.69, 9.17) is 12.2 Å². The van der Waals surface area contributed by atoms with E-state index in [2.05, 4.69) is 32.6 Å². The van der Waals surface area contributed by atoms with E-state index in [1.54, 1.807) is 0 Å². The van der Waals surface area contributed by atoms with Crippen LogP contribution in [0.4, 0.5) is 0 Å². The summed E-state index contributed by atoms with van der Waals surface area (Å²) < 4.78 is 2.13. The van der Waals surface area contributed by atoms with Gasteiger partial charge >= 0.3 is 0 Å². The van der Waals surface area contributed by atoms with E-state index in [9.17, 15) is 4.79 Å². The summed E-state index contributed by atoms with van der Waals surface area (Å²) >= 11 is 5.34. The largest absolute Gasteiger partial charge is 0.358 e. The van der Waals surface area contributed by atoms with Gasteiger partial charge in [-0.3, -0.25) is 15.6 Å². The Labute approximate surface area is 158 Å². The van der Waals surface area contributed by atoms with E-state index < -0.39 is 0 Å². The Morgan fingerprint density at radius 2 is 2.15 bits per heavy atom. The Bertz CT molecular complexity index is 861. The lowest BCUT2D eigenvalue weighted by atomic mass is 9.96. The first-order chi connectivity index (χ1) is 12.5. The molecule has 1 aromatic carbocycles. The normalized spacial score (nSPS) is 24.0. The fourth-order valence-electron chi connectivity index (χ4n) is 4.60. The molecule has 2 bridgehead atoms. The Hall–Kier alpha value is -2.15. The van der Waals surface area contributed by atoms with Crippen molar-refractivity contribution < 1.29 is 4.79 Å². The molecule has 2 fully saturated rings. The van der Waals surface area contributed by atoms with Crippen LogP contribution in [0, 0.1) is 18.8 Å². The van der Waals surface area contributed by atoms with Crippen molar-refractivity contribution in [3.05, 3.63) is 29.6 Å². The van der Waals surface area contributed by atoms with Crippen molar-refractivity contribution in [3.8, 4) is 0 Å². The van der Waals surface area contributed by atoms with E-state index in [0.29, 0.717) is 16.7 Å². The molecule has 2 aliphatic rings. The van der Waals surface area contributed by atoms with Gasteiger partial charge in [0.15, 0.2) is 5.11 Å². The summed E-state index contributed by atoms with van der Waals surface area (Å²) in [6.07, 6.45) is 5.16. The van der Waals surface area contributed by atoms with Crippen LogP contribution in [0.3, 0.4) is 0 Å². The van der Waals surface area contributed by atoms with Crippen molar-refractivity contribution in [3.63, 3.8) is 0 Å². The Morgan fingerprint density at radius 3 is 2.85 bits per heavy atom. The molecule has 3 N–H and O–H groups in total. The van der Waals surface area contributed by atoms with Crippen LogP contribution < -0.4 is 16.2 Å². The Morgan fingerprint density at radius 1 is 1.31 bits per heavy atom. The second kappa shape index (κ2) is 6.87. The Balaban J connectivity index is 1.35. The van der Waals surface area contributed by atoms with Crippen molar-refractivity contribution in [2.45, 2.75) is 52.1 Å². The number of carbonyl (C=O) groups excluding carboxylic acids is 1. The highest BCUT2D eigenvalue weighted by Gasteiger charge is 2.39. The smallest absolute Gasteiger partial charge is 0.269 e. The highest BCUT2D eigenvalue weighted by molar-refractivity contribution is 7.80. The van der Waals surface area contributed by atoms with Gasteiger partial charge in [0.1, 0.15) is 5.82 Å². The van der Waals surface area contributed by atoms with Crippen molar-refractivity contribution >= 4 is 34.3 Å². The highest BCUT2D eigenvalue weighted by atomic mass is 32.1. The summed E-state index contributed by atoms with van der Waals surface area (Å²) in [5, 5.41) is 3.84. The summed E-state index contributed by atoms with van der Waals surface area (Å²) in [7, 11) is 0.